The monoisotopic (exact) mass is 286 g/mol. The molecule has 0 aromatic heterocycles. The normalized spacial score (nSPS) is 36.7. The highest BCUT2D eigenvalue weighted by Gasteiger charge is 2.50. The number of rotatable bonds is 3. The zero-order valence-corrected chi connectivity index (χ0v) is 12.1. The van der Waals surface area contributed by atoms with E-state index in [1.54, 1.807) is 12.1 Å². The molecule has 0 heterocycles. The molecule has 112 valence electrons. The van der Waals surface area contributed by atoms with Crippen molar-refractivity contribution in [1.82, 2.24) is 0 Å². The van der Waals surface area contributed by atoms with Crippen LogP contribution in [0, 0.1) is 17.8 Å². The van der Waals surface area contributed by atoms with Crippen LogP contribution in [0.4, 0.5) is 11.4 Å². The summed E-state index contributed by atoms with van der Waals surface area (Å²) in [6.45, 7) is 0. The Morgan fingerprint density at radius 2 is 1.71 bits per heavy atom. The molecule has 4 saturated carbocycles. The van der Waals surface area contributed by atoms with E-state index in [4.69, 9.17) is 5.73 Å². The van der Waals surface area contributed by atoms with Gasteiger partial charge in [-0.05, 0) is 74.5 Å². The number of aromatic carboxylic acids is 1. The lowest BCUT2D eigenvalue weighted by atomic mass is 9.53. The molecule has 4 N–H and O–H groups in total. The second-order valence-electron chi connectivity index (χ2n) is 7.43. The minimum Gasteiger partial charge on any atom is -0.478 e. The van der Waals surface area contributed by atoms with Gasteiger partial charge in [0.2, 0.25) is 0 Å². The molecular weight excluding hydrogens is 264 g/mol. The maximum atomic E-state index is 11.2. The quantitative estimate of drug-likeness (QED) is 0.745. The minimum atomic E-state index is -0.957. The summed E-state index contributed by atoms with van der Waals surface area (Å²) in [6.07, 6.45) is 7.94. The van der Waals surface area contributed by atoms with Crippen LogP contribution in [0.2, 0.25) is 0 Å². The third-order valence-corrected chi connectivity index (χ3v) is 5.73. The van der Waals surface area contributed by atoms with Crippen LogP contribution in [0.15, 0.2) is 18.2 Å². The first-order valence-corrected chi connectivity index (χ1v) is 7.94. The third-order valence-electron chi connectivity index (χ3n) is 5.73. The Kier molecular flexibility index (Phi) is 2.72. The molecule has 0 spiro atoms. The highest BCUT2D eigenvalue weighted by atomic mass is 16.4. The Bertz CT molecular complexity index is 561. The van der Waals surface area contributed by atoms with Gasteiger partial charge in [0.05, 0.1) is 5.56 Å². The number of hydrogen-bond donors (Lipinski definition) is 3. The van der Waals surface area contributed by atoms with Crippen molar-refractivity contribution in [3.63, 3.8) is 0 Å². The molecule has 0 amide bonds. The van der Waals surface area contributed by atoms with Gasteiger partial charge in [0.15, 0.2) is 0 Å². The van der Waals surface area contributed by atoms with Gasteiger partial charge in [-0.1, -0.05) is 0 Å². The summed E-state index contributed by atoms with van der Waals surface area (Å²) in [5.74, 6) is 1.66. The molecule has 4 fully saturated rings. The van der Waals surface area contributed by atoms with E-state index in [9.17, 15) is 9.90 Å². The van der Waals surface area contributed by atoms with Crippen LogP contribution in [-0.4, -0.2) is 16.6 Å². The SMILES string of the molecule is Nc1ccc(NC23CC4CC(CC(C4)C2)C3)cc1C(=O)O. The van der Waals surface area contributed by atoms with Crippen LogP contribution >= 0.6 is 0 Å². The number of carboxylic acids is 1. The van der Waals surface area contributed by atoms with E-state index in [0.717, 1.165) is 23.4 Å². The minimum absolute atomic E-state index is 0.195. The molecular formula is C17H22N2O2. The van der Waals surface area contributed by atoms with E-state index >= 15 is 0 Å². The van der Waals surface area contributed by atoms with E-state index in [1.807, 2.05) is 6.07 Å². The summed E-state index contributed by atoms with van der Waals surface area (Å²) < 4.78 is 0. The lowest BCUT2D eigenvalue weighted by molar-refractivity contribution is 0.0107. The standard InChI is InChI=1S/C17H22N2O2/c18-15-2-1-13(6-14(15)16(20)21)19-17-7-10-3-11(8-17)5-12(4-10)9-17/h1-2,6,10-12,19H,3-5,7-9,18H2,(H,20,21). The molecule has 1 aromatic carbocycles. The molecule has 4 aliphatic rings. The number of hydrogen-bond acceptors (Lipinski definition) is 3. The van der Waals surface area contributed by atoms with Crippen LogP contribution in [0.25, 0.3) is 0 Å². The fraction of sp³-hybridized carbons (Fsp3) is 0.588. The Labute approximate surface area is 124 Å². The van der Waals surface area contributed by atoms with E-state index < -0.39 is 5.97 Å². The first kappa shape index (κ1) is 13.0. The first-order valence-electron chi connectivity index (χ1n) is 7.94. The van der Waals surface area contributed by atoms with Crippen LogP contribution in [0.5, 0.6) is 0 Å². The van der Waals surface area contributed by atoms with Gasteiger partial charge in [-0.25, -0.2) is 4.79 Å². The highest BCUT2D eigenvalue weighted by molar-refractivity contribution is 5.94. The zero-order valence-electron chi connectivity index (χ0n) is 12.1. The second-order valence-corrected chi connectivity index (χ2v) is 7.43. The lowest BCUT2D eigenvalue weighted by Gasteiger charge is -2.57. The molecule has 21 heavy (non-hydrogen) atoms. The first-order chi connectivity index (χ1) is 10.0. The smallest absolute Gasteiger partial charge is 0.337 e. The maximum Gasteiger partial charge on any atom is 0.337 e. The number of nitrogens with one attached hydrogen (secondary N) is 1. The molecule has 0 unspecified atom stereocenters. The van der Waals surface area contributed by atoms with Crippen molar-refractivity contribution >= 4 is 17.3 Å². The molecule has 1 aromatic rings. The summed E-state index contributed by atoms with van der Waals surface area (Å²) in [7, 11) is 0. The van der Waals surface area contributed by atoms with Crippen molar-refractivity contribution < 1.29 is 9.90 Å². The van der Waals surface area contributed by atoms with E-state index in [0.29, 0.717) is 5.69 Å². The molecule has 5 rings (SSSR count). The van der Waals surface area contributed by atoms with Gasteiger partial charge in [-0.15, -0.1) is 0 Å². The summed E-state index contributed by atoms with van der Waals surface area (Å²) in [5.41, 5.74) is 7.37. The fourth-order valence-electron chi connectivity index (χ4n) is 5.39. The number of carboxylic acid groups (broad SMARTS) is 1. The van der Waals surface area contributed by atoms with Crippen molar-refractivity contribution in [2.75, 3.05) is 11.1 Å². The average Bonchev–Trinajstić information content (AvgIpc) is 2.38. The molecule has 0 atom stereocenters. The molecule has 4 heteroatoms. The Hall–Kier alpha value is -1.71. The Morgan fingerprint density at radius 3 is 2.24 bits per heavy atom. The Balaban J connectivity index is 1.61. The molecule has 0 aliphatic heterocycles. The van der Waals surface area contributed by atoms with E-state index in [1.165, 1.54) is 38.5 Å². The van der Waals surface area contributed by atoms with Gasteiger partial charge in [0.25, 0.3) is 0 Å². The van der Waals surface area contributed by atoms with Crippen LogP contribution in [0.3, 0.4) is 0 Å². The number of benzene rings is 1. The average molecular weight is 286 g/mol. The van der Waals surface area contributed by atoms with E-state index in [2.05, 4.69) is 5.32 Å². The van der Waals surface area contributed by atoms with Gasteiger partial charge in [-0.2, -0.15) is 0 Å². The number of nitrogen functional groups attached to an aromatic ring is 1. The number of carbonyl (C=O) groups is 1. The molecule has 4 bridgehead atoms. The number of nitrogens with two attached hydrogens (primary N) is 1. The lowest BCUT2D eigenvalue weighted by Crippen LogP contribution is -2.54. The topological polar surface area (TPSA) is 75.3 Å². The van der Waals surface area contributed by atoms with Crippen LogP contribution in [-0.2, 0) is 0 Å². The second kappa shape index (κ2) is 4.39. The Morgan fingerprint density at radius 1 is 1.14 bits per heavy atom. The zero-order chi connectivity index (χ0) is 14.6. The molecule has 4 aliphatic carbocycles. The van der Waals surface area contributed by atoms with Crippen molar-refractivity contribution in [3.8, 4) is 0 Å². The largest absolute Gasteiger partial charge is 0.478 e. The maximum absolute atomic E-state index is 11.2. The van der Waals surface area contributed by atoms with Gasteiger partial charge in [-0.3, -0.25) is 0 Å². The van der Waals surface area contributed by atoms with Crippen molar-refractivity contribution in [2.24, 2.45) is 17.8 Å². The van der Waals surface area contributed by atoms with Crippen molar-refractivity contribution in [1.29, 1.82) is 0 Å². The summed E-state index contributed by atoms with van der Waals surface area (Å²) >= 11 is 0. The van der Waals surface area contributed by atoms with Gasteiger partial charge in [0, 0.05) is 16.9 Å². The summed E-state index contributed by atoms with van der Waals surface area (Å²) in [4.78, 5) is 11.2. The molecule has 0 radical (unpaired) electrons. The fourth-order valence-corrected chi connectivity index (χ4v) is 5.39. The highest BCUT2D eigenvalue weighted by Crippen LogP contribution is 2.56. The van der Waals surface area contributed by atoms with Gasteiger partial charge >= 0.3 is 5.97 Å². The molecule has 0 saturated heterocycles. The van der Waals surface area contributed by atoms with Crippen LogP contribution < -0.4 is 11.1 Å². The predicted molar refractivity (Wildman–Crippen MR) is 82.3 cm³/mol. The van der Waals surface area contributed by atoms with Crippen molar-refractivity contribution in [2.45, 2.75) is 44.1 Å². The van der Waals surface area contributed by atoms with Crippen LogP contribution in [0.1, 0.15) is 48.9 Å². The van der Waals surface area contributed by atoms with Crippen molar-refractivity contribution in [3.05, 3.63) is 23.8 Å². The number of anilines is 2. The predicted octanol–water partition coefficient (Wildman–Crippen LogP) is 3.35. The van der Waals surface area contributed by atoms with Gasteiger partial charge < -0.3 is 16.2 Å². The molecule has 4 nitrogen and oxygen atoms in total. The van der Waals surface area contributed by atoms with Gasteiger partial charge in [0.1, 0.15) is 0 Å². The third kappa shape index (κ3) is 2.17. The van der Waals surface area contributed by atoms with E-state index in [-0.39, 0.29) is 11.1 Å². The summed E-state index contributed by atoms with van der Waals surface area (Å²) in [6, 6.07) is 5.31. The summed E-state index contributed by atoms with van der Waals surface area (Å²) in [5, 5.41) is 12.9.